The number of aromatic nitrogens is 3. The Kier molecular flexibility index (Phi) is 8.66. The van der Waals surface area contributed by atoms with Crippen molar-refractivity contribution >= 4 is 35.0 Å². The highest BCUT2D eigenvalue weighted by Crippen LogP contribution is 2.45. The van der Waals surface area contributed by atoms with Crippen molar-refractivity contribution in [2.75, 3.05) is 78.9 Å². The fraction of sp³-hybridized carbons (Fsp3) is 0.543. The van der Waals surface area contributed by atoms with Crippen LogP contribution < -0.4 is 25.3 Å². The molecule has 2 amide bonds. The molecule has 0 spiro atoms. The summed E-state index contributed by atoms with van der Waals surface area (Å²) in [4.78, 5) is 34.2. The number of anilines is 5. The van der Waals surface area contributed by atoms with E-state index in [1.807, 2.05) is 24.3 Å². The van der Waals surface area contributed by atoms with E-state index in [-0.39, 0.29) is 44.1 Å². The van der Waals surface area contributed by atoms with Gasteiger partial charge in [-0.25, -0.2) is 22.4 Å². The highest BCUT2D eigenvalue weighted by Gasteiger charge is 2.59. The topological polar surface area (TPSA) is 111 Å². The van der Waals surface area contributed by atoms with Crippen molar-refractivity contribution in [3.05, 3.63) is 48.5 Å². The number of alkyl halides is 4. The number of morpholine rings is 2. The first-order chi connectivity index (χ1) is 24.4. The maximum Gasteiger partial charge on any atom is 0.323 e. The van der Waals surface area contributed by atoms with Gasteiger partial charge in [-0.1, -0.05) is 0 Å². The molecule has 8 rings (SSSR count). The average molecular weight is 712 g/mol. The molecule has 0 radical (unpaired) electrons. The van der Waals surface area contributed by atoms with Crippen LogP contribution in [0.5, 0.6) is 0 Å². The Labute approximate surface area is 293 Å². The summed E-state index contributed by atoms with van der Waals surface area (Å²) in [5.74, 6) is -5.94. The zero-order chi connectivity index (χ0) is 35.5. The summed E-state index contributed by atoms with van der Waals surface area (Å²) >= 11 is 0. The lowest BCUT2D eigenvalue weighted by molar-refractivity contribution is -0.0248. The Bertz CT molecular complexity index is 1680. The van der Waals surface area contributed by atoms with E-state index in [1.54, 1.807) is 24.3 Å². The molecule has 0 saturated carbocycles. The second kappa shape index (κ2) is 13.0. The van der Waals surface area contributed by atoms with Gasteiger partial charge in [0.1, 0.15) is 12.1 Å². The van der Waals surface area contributed by atoms with Crippen molar-refractivity contribution in [2.24, 2.45) is 0 Å². The largest absolute Gasteiger partial charge is 0.377 e. The minimum atomic E-state index is -3.03. The molecule has 0 aliphatic carbocycles. The molecule has 4 unspecified atom stereocenters. The second-order valence-corrected chi connectivity index (χ2v) is 14.3. The Morgan fingerprint density at radius 1 is 0.745 bits per heavy atom. The van der Waals surface area contributed by atoms with Crippen LogP contribution in [-0.4, -0.2) is 122 Å². The number of piperidine rings is 1. The summed E-state index contributed by atoms with van der Waals surface area (Å²) in [5, 5.41) is 5.67. The van der Waals surface area contributed by atoms with Gasteiger partial charge >= 0.3 is 6.03 Å². The number of urea groups is 1. The fourth-order valence-electron chi connectivity index (χ4n) is 8.04. The van der Waals surface area contributed by atoms with Crippen LogP contribution in [0.3, 0.4) is 0 Å². The maximum absolute atomic E-state index is 15.0. The van der Waals surface area contributed by atoms with Gasteiger partial charge in [0, 0.05) is 54.6 Å². The van der Waals surface area contributed by atoms with E-state index >= 15 is 17.6 Å². The molecule has 16 heteroatoms. The molecule has 6 heterocycles. The van der Waals surface area contributed by atoms with Crippen LogP contribution in [0.15, 0.2) is 48.5 Å². The van der Waals surface area contributed by atoms with Crippen LogP contribution in [0.25, 0.3) is 11.4 Å². The van der Waals surface area contributed by atoms with E-state index in [1.165, 1.54) is 9.80 Å². The molecule has 5 aliphatic rings. The fourth-order valence-corrected chi connectivity index (χ4v) is 8.04. The maximum atomic E-state index is 15.0. The van der Waals surface area contributed by atoms with Gasteiger partial charge in [-0.15, -0.1) is 0 Å². The third-order valence-electron chi connectivity index (χ3n) is 10.8. The summed E-state index contributed by atoms with van der Waals surface area (Å²) < 4.78 is 70.9. The number of ether oxygens (including phenoxy) is 2. The van der Waals surface area contributed by atoms with Crippen LogP contribution >= 0.6 is 0 Å². The Morgan fingerprint density at radius 2 is 1.24 bits per heavy atom. The van der Waals surface area contributed by atoms with Gasteiger partial charge in [-0.2, -0.15) is 15.0 Å². The molecule has 5 saturated heterocycles. The lowest BCUT2D eigenvalue weighted by Gasteiger charge is -2.37. The van der Waals surface area contributed by atoms with Crippen molar-refractivity contribution in [2.45, 2.75) is 67.7 Å². The van der Waals surface area contributed by atoms with Gasteiger partial charge < -0.3 is 39.7 Å². The van der Waals surface area contributed by atoms with E-state index in [4.69, 9.17) is 9.47 Å². The van der Waals surface area contributed by atoms with Crippen LogP contribution in [0.4, 0.5) is 51.3 Å². The first kappa shape index (κ1) is 33.8. The second-order valence-electron chi connectivity index (χ2n) is 14.3. The van der Waals surface area contributed by atoms with Gasteiger partial charge in [0.05, 0.1) is 38.5 Å². The third kappa shape index (κ3) is 6.53. The Balaban J connectivity index is 0.992. The first-order valence-electron chi connectivity index (χ1n) is 17.4. The molecular formula is C35H41F4N9O3. The molecule has 2 N–H and O–H groups in total. The van der Waals surface area contributed by atoms with E-state index < -0.39 is 54.9 Å². The average Bonchev–Trinajstić information content (AvgIpc) is 3.37. The van der Waals surface area contributed by atoms with Crippen LogP contribution in [0.2, 0.25) is 0 Å². The van der Waals surface area contributed by atoms with Gasteiger partial charge in [0.2, 0.25) is 11.9 Å². The Morgan fingerprint density at radius 3 is 1.71 bits per heavy atom. The van der Waals surface area contributed by atoms with Crippen LogP contribution in [0.1, 0.15) is 25.7 Å². The first-order valence-corrected chi connectivity index (χ1v) is 17.4. The number of benzene rings is 2. The van der Waals surface area contributed by atoms with Crippen molar-refractivity contribution in [3.8, 4) is 11.4 Å². The molecule has 5 aliphatic heterocycles. The quantitative estimate of drug-likeness (QED) is 0.327. The minimum absolute atomic E-state index is 0.00896. The molecule has 51 heavy (non-hydrogen) atoms. The van der Waals surface area contributed by atoms with Crippen LogP contribution in [0, 0.1) is 0 Å². The number of carbonyl (C=O) groups is 1. The summed E-state index contributed by atoms with van der Waals surface area (Å²) in [7, 11) is 4.23. The zero-order valence-electron chi connectivity index (χ0n) is 28.4. The zero-order valence-corrected chi connectivity index (χ0v) is 28.4. The predicted octanol–water partition coefficient (Wildman–Crippen LogP) is 4.94. The highest BCUT2D eigenvalue weighted by molar-refractivity contribution is 6.00. The number of amides is 2. The number of carbonyl (C=O) groups excluding carboxylic acids is 1. The molecule has 3 aromatic rings. The number of hydrogen-bond acceptors (Lipinski definition) is 10. The number of nitrogens with zero attached hydrogens (tertiary/aromatic N) is 7. The Hall–Kier alpha value is -4.28. The molecule has 1 aromatic heterocycles. The molecule has 4 bridgehead atoms. The van der Waals surface area contributed by atoms with Crippen molar-refractivity contribution in [3.63, 3.8) is 0 Å². The van der Waals surface area contributed by atoms with Crippen molar-refractivity contribution in [1.82, 2.24) is 19.9 Å². The number of hydrogen-bond donors (Lipinski definition) is 2. The number of nitrogens with one attached hydrogen (secondary N) is 2. The summed E-state index contributed by atoms with van der Waals surface area (Å²) in [6.07, 6.45) is 1.37. The SMILES string of the molecule is CN(C)C1CCN(c2ccc(NC(=O)Nc3ccc(-c4nc(N5C6COCC5C(F)(F)C6)nc(N5C6COCC5C(F)(F)C6)n4)cc3)cc2)CC1. The highest BCUT2D eigenvalue weighted by atomic mass is 19.3. The molecule has 4 atom stereocenters. The van der Waals surface area contributed by atoms with E-state index in [0.29, 0.717) is 23.0 Å². The van der Waals surface area contributed by atoms with E-state index in [9.17, 15) is 4.79 Å². The standard InChI is InChI=1S/C35H41F4N9O3/c1-45(2)24-11-13-46(14-12-24)25-9-7-23(8-10-25)41-33(49)40-22-5-3-21(4-6-22)30-42-31(47-26-15-34(36,37)28(47)19-50-17-26)44-32(43-30)48-27-16-35(38,39)29(48)20-51-18-27/h3-10,24,26-29H,11-20H2,1-2H3,(H2,40,41,49). The molecule has 2 aromatic carbocycles. The van der Waals surface area contributed by atoms with Gasteiger partial charge in [0.15, 0.2) is 5.82 Å². The van der Waals surface area contributed by atoms with Crippen molar-refractivity contribution in [1.29, 1.82) is 0 Å². The number of fused-ring (bicyclic) bond motifs is 4. The van der Waals surface area contributed by atoms with Gasteiger partial charge in [0.25, 0.3) is 11.8 Å². The normalized spacial score (nSPS) is 26.8. The van der Waals surface area contributed by atoms with E-state index in [0.717, 1.165) is 31.6 Å². The summed E-state index contributed by atoms with van der Waals surface area (Å²) in [6, 6.07) is 10.7. The monoisotopic (exact) mass is 711 g/mol. The summed E-state index contributed by atoms with van der Waals surface area (Å²) in [5.41, 5.74) is 2.74. The lowest BCUT2D eigenvalue weighted by Crippen LogP contribution is -2.52. The third-order valence-corrected chi connectivity index (χ3v) is 10.8. The van der Waals surface area contributed by atoms with Crippen molar-refractivity contribution < 1.29 is 31.8 Å². The van der Waals surface area contributed by atoms with E-state index in [2.05, 4.69) is 49.5 Å². The smallest absolute Gasteiger partial charge is 0.323 e. The van der Waals surface area contributed by atoms with Gasteiger partial charge in [-0.05, 0) is 75.5 Å². The van der Waals surface area contributed by atoms with Gasteiger partial charge in [-0.3, -0.25) is 0 Å². The predicted molar refractivity (Wildman–Crippen MR) is 184 cm³/mol. The molecule has 5 fully saturated rings. The molecular weight excluding hydrogens is 670 g/mol. The number of rotatable bonds is 7. The molecule has 272 valence electrons. The minimum Gasteiger partial charge on any atom is -0.377 e. The van der Waals surface area contributed by atoms with Crippen LogP contribution in [-0.2, 0) is 9.47 Å². The number of halogens is 4. The molecule has 12 nitrogen and oxygen atoms in total. The lowest BCUT2D eigenvalue weighted by atomic mass is 10.0. The summed E-state index contributed by atoms with van der Waals surface area (Å²) in [6.45, 7) is 1.70.